The van der Waals surface area contributed by atoms with Crippen LogP contribution in [0, 0.1) is 6.92 Å². The molecule has 0 radical (unpaired) electrons. The van der Waals surface area contributed by atoms with Crippen molar-refractivity contribution < 1.29 is 0 Å². The van der Waals surface area contributed by atoms with Crippen molar-refractivity contribution in [2.45, 2.75) is 20.3 Å². The molecule has 0 heterocycles. The van der Waals surface area contributed by atoms with E-state index >= 15 is 0 Å². The van der Waals surface area contributed by atoms with Crippen LogP contribution >= 0.6 is 12.2 Å². The average molecular weight is 297 g/mol. The van der Waals surface area contributed by atoms with Gasteiger partial charge in [-0.2, -0.15) is 5.10 Å². The maximum Gasteiger partial charge on any atom is 0.191 e. The van der Waals surface area contributed by atoms with Crippen molar-refractivity contribution in [2.75, 3.05) is 5.32 Å². The lowest BCUT2D eigenvalue weighted by Gasteiger charge is -2.06. The Morgan fingerprint density at radius 2 is 1.76 bits per heavy atom. The molecule has 0 unspecified atom stereocenters. The highest BCUT2D eigenvalue weighted by Crippen LogP contribution is 2.08. The van der Waals surface area contributed by atoms with Crippen molar-refractivity contribution in [2.24, 2.45) is 5.10 Å². The lowest BCUT2D eigenvalue weighted by Crippen LogP contribution is -2.23. The summed E-state index contributed by atoms with van der Waals surface area (Å²) in [6.07, 6.45) is 2.79. The van der Waals surface area contributed by atoms with Crippen LogP contribution in [0.3, 0.4) is 0 Å². The zero-order valence-corrected chi connectivity index (χ0v) is 13.1. The molecule has 0 aliphatic heterocycles. The summed E-state index contributed by atoms with van der Waals surface area (Å²) in [5.74, 6) is 0. The second-order valence-electron chi connectivity index (χ2n) is 4.79. The van der Waals surface area contributed by atoms with E-state index in [9.17, 15) is 0 Å². The zero-order chi connectivity index (χ0) is 15.1. The summed E-state index contributed by atoms with van der Waals surface area (Å²) in [6, 6.07) is 16.3. The maximum absolute atomic E-state index is 5.19. The fourth-order valence-corrected chi connectivity index (χ4v) is 1.97. The van der Waals surface area contributed by atoms with Crippen molar-refractivity contribution >= 4 is 29.2 Å². The summed E-state index contributed by atoms with van der Waals surface area (Å²) in [6.45, 7) is 4.19. The predicted molar refractivity (Wildman–Crippen MR) is 93.9 cm³/mol. The Bertz CT molecular complexity index is 615. The molecule has 0 fully saturated rings. The first-order chi connectivity index (χ1) is 10.2. The van der Waals surface area contributed by atoms with Crippen molar-refractivity contribution in [3.05, 3.63) is 65.2 Å². The number of aryl methyl sites for hydroxylation is 2. The van der Waals surface area contributed by atoms with Gasteiger partial charge in [0, 0.05) is 5.69 Å². The van der Waals surface area contributed by atoms with Gasteiger partial charge in [0.25, 0.3) is 0 Å². The van der Waals surface area contributed by atoms with Crippen LogP contribution in [0.1, 0.15) is 23.6 Å². The van der Waals surface area contributed by atoms with Crippen molar-refractivity contribution in [1.82, 2.24) is 5.43 Å². The summed E-state index contributed by atoms with van der Waals surface area (Å²) in [7, 11) is 0. The van der Waals surface area contributed by atoms with Gasteiger partial charge >= 0.3 is 0 Å². The van der Waals surface area contributed by atoms with Crippen LogP contribution < -0.4 is 10.7 Å². The highest BCUT2D eigenvalue weighted by atomic mass is 32.1. The quantitative estimate of drug-likeness (QED) is 0.511. The van der Waals surface area contributed by atoms with E-state index in [0.717, 1.165) is 17.7 Å². The fourth-order valence-electron chi connectivity index (χ4n) is 1.80. The molecule has 4 heteroatoms. The Hall–Kier alpha value is -2.20. The number of hydrogen-bond donors (Lipinski definition) is 2. The Labute approximate surface area is 131 Å². The molecule has 0 amide bonds. The third-order valence-corrected chi connectivity index (χ3v) is 3.27. The first kappa shape index (κ1) is 15.2. The van der Waals surface area contributed by atoms with E-state index in [2.05, 4.69) is 41.8 Å². The van der Waals surface area contributed by atoms with Crippen LogP contribution in [0.2, 0.25) is 0 Å². The molecular formula is C17H19N3S. The number of benzene rings is 2. The second kappa shape index (κ2) is 7.55. The third kappa shape index (κ3) is 5.00. The SMILES string of the molecule is CCc1ccc(C=NNC(=S)Nc2ccc(C)cc2)cc1. The standard InChI is InChI=1S/C17H19N3S/c1-3-14-6-8-15(9-7-14)12-18-20-17(21)19-16-10-4-13(2)5-11-16/h4-12H,3H2,1-2H3,(H2,19,20,21). The second-order valence-corrected chi connectivity index (χ2v) is 5.19. The third-order valence-electron chi connectivity index (χ3n) is 3.08. The minimum atomic E-state index is 0.472. The van der Waals surface area contributed by atoms with Crippen LogP contribution in [0.15, 0.2) is 53.6 Å². The van der Waals surface area contributed by atoms with E-state index < -0.39 is 0 Å². The molecule has 0 aromatic heterocycles. The number of nitrogens with zero attached hydrogens (tertiary/aromatic N) is 1. The monoisotopic (exact) mass is 297 g/mol. The van der Waals surface area contributed by atoms with E-state index in [1.807, 2.05) is 36.4 Å². The molecular weight excluding hydrogens is 278 g/mol. The van der Waals surface area contributed by atoms with Gasteiger partial charge in [0.15, 0.2) is 5.11 Å². The number of hydrogen-bond acceptors (Lipinski definition) is 2. The Morgan fingerprint density at radius 1 is 1.10 bits per heavy atom. The lowest BCUT2D eigenvalue weighted by molar-refractivity contribution is 1.05. The molecule has 2 aromatic carbocycles. The van der Waals surface area contributed by atoms with Crippen molar-refractivity contribution in [1.29, 1.82) is 0 Å². The van der Waals surface area contributed by atoms with Crippen LogP contribution in [0.4, 0.5) is 5.69 Å². The molecule has 21 heavy (non-hydrogen) atoms. The Kier molecular flexibility index (Phi) is 5.46. The maximum atomic E-state index is 5.19. The van der Waals surface area contributed by atoms with Gasteiger partial charge in [0.2, 0.25) is 0 Å². The van der Waals surface area contributed by atoms with Crippen LogP contribution in [0.5, 0.6) is 0 Å². The van der Waals surface area contributed by atoms with E-state index in [0.29, 0.717) is 5.11 Å². The highest BCUT2D eigenvalue weighted by Gasteiger charge is 1.95. The Morgan fingerprint density at radius 3 is 2.38 bits per heavy atom. The first-order valence-corrected chi connectivity index (χ1v) is 7.34. The zero-order valence-electron chi connectivity index (χ0n) is 12.3. The van der Waals surface area contributed by atoms with Gasteiger partial charge in [-0.15, -0.1) is 0 Å². The smallest absolute Gasteiger partial charge is 0.191 e. The highest BCUT2D eigenvalue weighted by molar-refractivity contribution is 7.80. The molecule has 2 rings (SSSR count). The molecule has 2 N–H and O–H groups in total. The average Bonchev–Trinajstić information content (AvgIpc) is 2.50. The summed E-state index contributed by atoms with van der Waals surface area (Å²) in [5, 5.41) is 7.68. The normalized spacial score (nSPS) is 10.6. The minimum absolute atomic E-state index is 0.472. The van der Waals surface area contributed by atoms with E-state index in [4.69, 9.17) is 12.2 Å². The molecule has 2 aromatic rings. The van der Waals surface area contributed by atoms with Crippen LogP contribution in [-0.2, 0) is 6.42 Å². The van der Waals surface area contributed by atoms with Gasteiger partial charge in [0.05, 0.1) is 6.21 Å². The van der Waals surface area contributed by atoms with Crippen LogP contribution in [-0.4, -0.2) is 11.3 Å². The summed E-state index contributed by atoms with van der Waals surface area (Å²) >= 11 is 5.19. The molecule has 0 aliphatic rings. The number of thiocarbonyl (C=S) groups is 1. The fraction of sp³-hybridized carbons (Fsp3) is 0.176. The molecule has 0 atom stereocenters. The topological polar surface area (TPSA) is 36.4 Å². The van der Waals surface area contributed by atoms with Crippen molar-refractivity contribution in [3.63, 3.8) is 0 Å². The molecule has 0 saturated heterocycles. The molecule has 0 aliphatic carbocycles. The molecule has 0 bridgehead atoms. The number of rotatable bonds is 4. The van der Waals surface area contributed by atoms with Gasteiger partial charge in [-0.1, -0.05) is 48.9 Å². The van der Waals surface area contributed by atoms with Gasteiger partial charge in [-0.3, -0.25) is 5.43 Å². The summed E-state index contributed by atoms with van der Waals surface area (Å²) < 4.78 is 0. The summed E-state index contributed by atoms with van der Waals surface area (Å²) in [5.41, 5.74) is 7.33. The molecule has 108 valence electrons. The van der Waals surface area contributed by atoms with Gasteiger partial charge in [-0.05, 0) is 48.8 Å². The summed E-state index contributed by atoms with van der Waals surface area (Å²) in [4.78, 5) is 0. The molecule has 0 spiro atoms. The molecule has 3 nitrogen and oxygen atoms in total. The lowest BCUT2D eigenvalue weighted by atomic mass is 10.1. The predicted octanol–water partition coefficient (Wildman–Crippen LogP) is 3.88. The van der Waals surface area contributed by atoms with Gasteiger partial charge < -0.3 is 5.32 Å². The largest absolute Gasteiger partial charge is 0.331 e. The van der Waals surface area contributed by atoms with E-state index in [1.54, 1.807) is 6.21 Å². The van der Waals surface area contributed by atoms with E-state index in [-0.39, 0.29) is 0 Å². The first-order valence-electron chi connectivity index (χ1n) is 6.93. The number of nitrogens with one attached hydrogen (secondary N) is 2. The van der Waals surface area contributed by atoms with Gasteiger partial charge in [-0.25, -0.2) is 0 Å². The molecule has 0 saturated carbocycles. The van der Waals surface area contributed by atoms with Crippen molar-refractivity contribution in [3.8, 4) is 0 Å². The van der Waals surface area contributed by atoms with E-state index in [1.165, 1.54) is 11.1 Å². The number of anilines is 1. The van der Waals surface area contributed by atoms with Gasteiger partial charge in [0.1, 0.15) is 0 Å². The van der Waals surface area contributed by atoms with Crippen LogP contribution in [0.25, 0.3) is 0 Å². The number of hydrazone groups is 1. The minimum Gasteiger partial charge on any atom is -0.331 e. The Balaban J connectivity index is 1.85.